The van der Waals surface area contributed by atoms with E-state index in [1.807, 2.05) is 6.07 Å². The molecule has 0 spiro atoms. The van der Waals surface area contributed by atoms with Gasteiger partial charge in [0, 0.05) is 12.4 Å². The van der Waals surface area contributed by atoms with E-state index in [4.69, 9.17) is 5.26 Å². The average molecular weight is 106 g/mol. The highest BCUT2D eigenvalue weighted by atomic mass is 15.1. The summed E-state index contributed by atoms with van der Waals surface area (Å²) in [5.41, 5.74) is 0. The van der Waals surface area contributed by atoms with Crippen molar-refractivity contribution in [2.75, 3.05) is 0 Å². The van der Waals surface area contributed by atoms with Gasteiger partial charge >= 0.3 is 0 Å². The molecule has 1 aliphatic heterocycles. The molecular weight excluding hydrogens is 102 g/mol. The highest BCUT2D eigenvalue weighted by molar-refractivity contribution is 5.72. The number of hydrogen-bond acceptors (Lipinski definition) is 2. The molecule has 0 aromatic carbocycles. The second kappa shape index (κ2) is 2.12. The fourth-order valence-corrected chi connectivity index (χ4v) is 0.406. The van der Waals surface area contributed by atoms with Gasteiger partial charge in [-0.2, -0.15) is 5.26 Å². The van der Waals surface area contributed by atoms with Crippen LogP contribution in [0, 0.1) is 11.3 Å². The van der Waals surface area contributed by atoms with Gasteiger partial charge in [0.25, 0.3) is 0 Å². The zero-order valence-electron chi connectivity index (χ0n) is 4.15. The Balaban J connectivity index is 2.55. The Bertz CT molecular complexity index is 163. The van der Waals surface area contributed by atoms with Crippen molar-refractivity contribution < 1.29 is 0 Å². The van der Waals surface area contributed by atoms with Crippen LogP contribution in [0.1, 0.15) is 0 Å². The van der Waals surface area contributed by atoms with E-state index >= 15 is 0 Å². The number of allylic oxidation sites excluding steroid dienone is 1. The minimum atomic E-state index is -0.500. The molecule has 0 aromatic rings. The molecule has 1 unspecified atom stereocenters. The van der Waals surface area contributed by atoms with Crippen molar-refractivity contribution in [2.24, 2.45) is 4.99 Å². The van der Waals surface area contributed by atoms with Crippen molar-refractivity contribution in [3.8, 4) is 6.07 Å². The average Bonchev–Trinajstić information content (AvgIpc) is 1.90. The van der Waals surface area contributed by atoms with E-state index in [0.29, 0.717) is 0 Å². The van der Waals surface area contributed by atoms with E-state index in [1.54, 1.807) is 18.5 Å². The van der Waals surface area contributed by atoms with Crippen molar-refractivity contribution in [2.45, 2.75) is 6.17 Å². The molecule has 0 saturated heterocycles. The van der Waals surface area contributed by atoms with Gasteiger partial charge < -0.3 is 0 Å². The molecule has 0 N–H and O–H groups in total. The quantitative estimate of drug-likeness (QED) is 0.430. The lowest BCUT2D eigenvalue weighted by molar-refractivity contribution is 0.732. The molecule has 0 amide bonds. The van der Waals surface area contributed by atoms with Crippen molar-refractivity contribution in [1.29, 1.82) is 5.26 Å². The Labute approximate surface area is 47.3 Å². The van der Waals surface area contributed by atoms with Gasteiger partial charge in [0.15, 0.2) is 0 Å². The summed E-state index contributed by atoms with van der Waals surface area (Å²) in [5.74, 6) is 0. The minimum absolute atomic E-state index is 0.500. The maximum absolute atomic E-state index is 8.20. The van der Waals surface area contributed by atoms with Gasteiger partial charge in [0.1, 0.15) is 6.07 Å². The molecule has 39 valence electrons. The third-order valence-corrected chi connectivity index (χ3v) is 0.742. The van der Waals surface area contributed by atoms with Crippen LogP contribution in [0.5, 0.6) is 0 Å². The molecule has 1 radical (unpaired) electrons. The summed E-state index contributed by atoms with van der Waals surface area (Å²) in [7, 11) is 0. The molecular formula is C5H4N3. The van der Waals surface area contributed by atoms with E-state index in [0.717, 1.165) is 0 Å². The molecule has 1 heterocycles. The van der Waals surface area contributed by atoms with Crippen LogP contribution in [0.3, 0.4) is 0 Å². The number of aliphatic imine (C=N–C) groups is 1. The summed E-state index contributed by atoms with van der Waals surface area (Å²) >= 11 is 0. The Kier molecular flexibility index (Phi) is 1.29. The van der Waals surface area contributed by atoms with Crippen LogP contribution in [0.15, 0.2) is 17.3 Å². The monoisotopic (exact) mass is 106 g/mol. The van der Waals surface area contributed by atoms with E-state index in [1.165, 1.54) is 0 Å². The zero-order chi connectivity index (χ0) is 5.82. The lowest BCUT2D eigenvalue weighted by atomic mass is 10.5. The Morgan fingerprint density at radius 2 is 2.50 bits per heavy atom. The highest BCUT2D eigenvalue weighted by Gasteiger charge is 2.01. The SMILES string of the molecule is N#CC1[N]C=CC=N1. The van der Waals surface area contributed by atoms with Gasteiger partial charge in [0.05, 0.1) is 0 Å². The number of hydrogen-bond donors (Lipinski definition) is 0. The van der Waals surface area contributed by atoms with Crippen LogP contribution in [0.2, 0.25) is 0 Å². The van der Waals surface area contributed by atoms with Crippen LogP contribution in [0.25, 0.3) is 0 Å². The first-order valence-corrected chi connectivity index (χ1v) is 2.21. The first kappa shape index (κ1) is 4.85. The predicted octanol–water partition coefficient (Wildman–Crippen LogP) is 0.0386. The van der Waals surface area contributed by atoms with Gasteiger partial charge in [0.2, 0.25) is 6.17 Å². The maximum Gasteiger partial charge on any atom is 0.226 e. The van der Waals surface area contributed by atoms with Gasteiger partial charge in [-0.05, 0) is 6.08 Å². The van der Waals surface area contributed by atoms with Gasteiger partial charge in [-0.25, -0.2) is 0 Å². The normalized spacial score (nSPS) is 24.1. The lowest BCUT2D eigenvalue weighted by Gasteiger charge is -2.00. The fraction of sp³-hybridized carbons (Fsp3) is 0.200. The van der Waals surface area contributed by atoms with E-state index < -0.39 is 6.17 Å². The maximum atomic E-state index is 8.20. The number of nitrogens with zero attached hydrogens (tertiary/aromatic N) is 3. The summed E-state index contributed by atoms with van der Waals surface area (Å²) in [4.78, 5) is 3.71. The van der Waals surface area contributed by atoms with Crippen molar-refractivity contribution >= 4 is 6.21 Å². The topological polar surface area (TPSA) is 50.2 Å². The zero-order valence-corrected chi connectivity index (χ0v) is 4.15. The van der Waals surface area contributed by atoms with Gasteiger partial charge in [-0.1, -0.05) is 0 Å². The van der Waals surface area contributed by atoms with Crippen LogP contribution in [-0.4, -0.2) is 12.4 Å². The van der Waals surface area contributed by atoms with E-state index in [9.17, 15) is 0 Å². The largest absolute Gasteiger partial charge is 0.252 e. The summed E-state index contributed by atoms with van der Waals surface area (Å²) in [6.45, 7) is 0. The van der Waals surface area contributed by atoms with Crippen LogP contribution in [0.4, 0.5) is 0 Å². The lowest BCUT2D eigenvalue weighted by Crippen LogP contribution is -2.14. The second-order valence-electron chi connectivity index (χ2n) is 1.29. The van der Waals surface area contributed by atoms with Crippen LogP contribution < -0.4 is 5.32 Å². The molecule has 1 atom stereocenters. The third-order valence-electron chi connectivity index (χ3n) is 0.742. The predicted molar refractivity (Wildman–Crippen MR) is 29.2 cm³/mol. The van der Waals surface area contributed by atoms with Crippen LogP contribution >= 0.6 is 0 Å². The molecule has 0 fully saturated rings. The molecule has 1 aliphatic rings. The minimum Gasteiger partial charge on any atom is -0.252 e. The third kappa shape index (κ3) is 0.850. The molecule has 3 nitrogen and oxygen atoms in total. The summed E-state index contributed by atoms with van der Waals surface area (Å²) in [6, 6.07) is 1.89. The highest BCUT2D eigenvalue weighted by Crippen LogP contribution is 1.89. The second-order valence-corrected chi connectivity index (χ2v) is 1.29. The van der Waals surface area contributed by atoms with Gasteiger partial charge in [-0.15, -0.1) is 0 Å². The van der Waals surface area contributed by atoms with Crippen molar-refractivity contribution in [3.05, 3.63) is 12.3 Å². The molecule has 0 bridgehead atoms. The van der Waals surface area contributed by atoms with E-state index in [2.05, 4.69) is 10.3 Å². The Morgan fingerprint density at radius 1 is 1.62 bits per heavy atom. The standard InChI is InChI=1S/C5H4N3/c6-4-5-7-2-1-3-8-5/h1-3,5H. The first-order valence-electron chi connectivity index (χ1n) is 2.21. The smallest absolute Gasteiger partial charge is 0.226 e. The number of rotatable bonds is 0. The molecule has 0 aromatic heterocycles. The fourth-order valence-electron chi connectivity index (χ4n) is 0.406. The van der Waals surface area contributed by atoms with Crippen LogP contribution in [-0.2, 0) is 0 Å². The molecule has 3 heteroatoms. The Hall–Kier alpha value is -1.30. The summed E-state index contributed by atoms with van der Waals surface area (Å²) in [5, 5.41) is 11.9. The first-order chi connectivity index (χ1) is 3.93. The summed E-state index contributed by atoms with van der Waals surface area (Å²) < 4.78 is 0. The van der Waals surface area contributed by atoms with E-state index in [-0.39, 0.29) is 0 Å². The molecule has 0 aliphatic carbocycles. The number of nitriles is 1. The van der Waals surface area contributed by atoms with Gasteiger partial charge in [-0.3, -0.25) is 10.3 Å². The van der Waals surface area contributed by atoms with Crippen molar-refractivity contribution in [3.63, 3.8) is 0 Å². The molecule has 1 rings (SSSR count). The summed E-state index contributed by atoms with van der Waals surface area (Å²) in [6.07, 6.45) is 4.33. The molecule has 8 heavy (non-hydrogen) atoms. The Morgan fingerprint density at radius 3 is 2.88 bits per heavy atom. The molecule has 0 saturated carbocycles. The van der Waals surface area contributed by atoms with Crippen molar-refractivity contribution in [1.82, 2.24) is 5.32 Å².